The molecule has 3 heteroatoms. The molecule has 18 heavy (non-hydrogen) atoms. The fourth-order valence-electron chi connectivity index (χ4n) is 1.83. The van der Waals surface area contributed by atoms with Gasteiger partial charge in [0.05, 0.1) is 11.4 Å². The Morgan fingerprint density at radius 3 is 2.44 bits per heavy atom. The van der Waals surface area contributed by atoms with Crippen molar-refractivity contribution in [1.82, 2.24) is 0 Å². The van der Waals surface area contributed by atoms with E-state index in [-0.39, 0.29) is 0 Å². The first-order valence-corrected chi connectivity index (χ1v) is 7.72. The van der Waals surface area contributed by atoms with Crippen LogP contribution in [0, 0.1) is 6.92 Å². The average molecular weight is 325 g/mol. The Hall–Kier alpha value is -0.640. The first kappa shape index (κ1) is 13.8. The van der Waals surface area contributed by atoms with E-state index in [1.807, 2.05) is 11.3 Å². The standard InChI is InChI=1S/C15H17BrOS/c1-11-3-8-14(18-11)15(16)13-6-4-12(5-7-13)9-10-17-2/h3-8,15H,9-10H2,1-2H3. The third-order valence-electron chi connectivity index (χ3n) is 2.88. The highest BCUT2D eigenvalue weighted by molar-refractivity contribution is 9.09. The number of alkyl halides is 1. The summed E-state index contributed by atoms with van der Waals surface area (Å²) in [4.78, 5) is 3.01. The number of methoxy groups -OCH3 is 1. The molecule has 1 aromatic carbocycles. The summed E-state index contributed by atoms with van der Waals surface area (Å²) in [5, 5.41) is 0. The second-order valence-corrected chi connectivity index (χ2v) is 6.53. The van der Waals surface area contributed by atoms with Gasteiger partial charge in [0, 0.05) is 16.9 Å². The third-order valence-corrected chi connectivity index (χ3v) is 5.27. The van der Waals surface area contributed by atoms with Crippen molar-refractivity contribution in [3.63, 3.8) is 0 Å². The Morgan fingerprint density at radius 2 is 1.89 bits per heavy atom. The molecule has 0 saturated carbocycles. The van der Waals surface area contributed by atoms with Crippen LogP contribution in [0.2, 0.25) is 0 Å². The number of benzene rings is 1. The van der Waals surface area contributed by atoms with Crippen molar-refractivity contribution in [2.75, 3.05) is 13.7 Å². The van der Waals surface area contributed by atoms with Crippen LogP contribution in [0.5, 0.6) is 0 Å². The smallest absolute Gasteiger partial charge is 0.0738 e. The summed E-state index contributed by atoms with van der Waals surface area (Å²) < 4.78 is 5.09. The SMILES string of the molecule is COCCc1ccc(C(Br)c2ccc(C)s2)cc1. The molecule has 0 fully saturated rings. The van der Waals surface area contributed by atoms with Crippen molar-refractivity contribution in [1.29, 1.82) is 0 Å². The molecule has 2 rings (SSSR count). The van der Waals surface area contributed by atoms with E-state index < -0.39 is 0 Å². The summed E-state index contributed by atoms with van der Waals surface area (Å²) in [6.45, 7) is 2.92. The van der Waals surface area contributed by atoms with E-state index in [0.29, 0.717) is 4.83 Å². The molecule has 0 aliphatic rings. The van der Waals surface area contributed by atoms with Gasteiger partial charge < -0.3 is 4.74 Å². The third kappa shape index (κ3) is 3.44. The predicted octanol–water partition coefficient (Wildman–Crippen LogP) is 4.73. The molecular weight excluding hydrogens is 308 g/mol. The molecule has 0 saturated heterocycles. The molecule has 0 N–H and O–H groups in total. The number of hydrogen-bond donors (Lipinski definition) is 0. The Kier molecular flexibility index (Phi) is 4.98. The van der Waals surface area contributed by atoms with Crippen LogP contribution in [0.1, 0.15) is 25.7 Å². The molecule has 0 radical (unpaired) electrons. The van der Waals surface area contributed by atoms with Crippen molar-refractivity contribution in [2.45, 2.75) is 18.2 Å². The Balaban J connectivity index is 2.09. The zero-order chi connectivity index (χ0) is 13.0. The highest BCUT2D eigenvalue weighted by Gasteiger charge is 2.11. The zero-order valence-corrected chi connectivity index (χ0v) is 13.1. The summed E-state index contributed by atoms with van der Waals surface area (Å²) in [7, 11) is 1.74. The Bertz CT molecular complexity index is 489. The minimum absolute atomic E-state index is 0.299. The van der Waals surface area contributed by atoms with Crippen LogP contribution < -0.4 is 0 Å². The molecule has 96 valence electrons. The topological polar surface area (TPSA) is 9.23 Å². The van der Waals surface area contributed by atoms with Gasteiger partial charge in [0.1, 0.15) is 0 Å². The second kappa shape index (κ2) is 6.50. The van der Waals surface area contributed by atoms with Crippen molar-refractivity contribution in [2.24, 2.45) is 0 Å². The summed E-state index contributed by atoms with van der Waals surface area (Å²) in [6, 6.07) is 13.1. The van der Waals surface area contributed by atoms with Crippen LogP contribution in [0.15, 0.2) is 36.4 Å². The van der Waals surface area contributed by atoms with Gasteiger partial charge in [-0.15, -0.1) is 11.3 Å². The maximum Gasteiger partial charge on any atom is 0.0738 e. The fraction of sp³-hybridized carbons (Fsp3) is 0.333. The number of aryl methyl sites for hydroxylation is 1. The van der Waals surface area contributed by atoms with Crippen molar-refractivity contribution in [3.8, 4) is 0 Å². The zero-order valence-electron chi connectivity index (χ0n) is 10.7. The van der Waals surface area contributed by atoms with Crippen LogP contribution >= 0.6 is 27.3 Å². The lowest BCUT2D eigenvalue weighted by Gasteiger charge is -2.09. The minimum atomic E-state index is 0.299. The van der Waals surface area contributed by atoms with Gasteiger partial charge in [-0.2, -0.15) is 0 Å². The van der Waals surface area contributed by atoms with Crippen LogP contribution in [0.3, 0.4) is 0 Å². The summed E-state index contributed by atoms with van der Waals surface area (Å²) in [5.74, 6) is 0. The summed E-state index contributed by atoms with van der Waals surface area (Å²) in [5.41, 5.74) is 2.63. The molecule has 2 aromatic rings. The lowest BCUT2D eigenvalue weighted by atomic mass is 10.1. The maximum atomic E-state index is 5.09. The normalized spacial score (nSPS) is 12.6. The van der Waals surface area contributed by atoms with E-state index in [1.54, 1.807) is 7.11 Å². The van der Waals surface area contributed by atoms with E-state index >= 15 is 0 Å². The largest absolute Gasteiger partial charge is 0.384 e. The minimum Gasteiger partial charge on any atom is -0.384 e. The van der Waals surface area contributed by atoms with Gasteiger partial charge >= 0.3 is 0 Å². The predicted molar refractivity (Wildman–Crippen MR) is 81.8 cm³/mol. The Labute approximate surface area is 121 Å². The van der Waals surface area contributed by atoms with Crippen LogP contribution in [0.4, 0.5) is 0 Å². The molecule has 1 heterocycles. The van der Waals surface area contributed by atoms with Gasteiger partial charge in [0.25, 0.3) is 0 Å². The van der Waals surface area contributed by atoms with E-state index in [0.717, 1.165) is 13.0 Å². The lowest BCUT2D eigenvalue weighted by molar-refractivity contribution is 0.202. The van der Waals surface area contributed by atoms with Gasteiger partial charge in [-0.3, -0.25) is 0 Å². The highest BCUT2D eigenvalue weighted by Crippen LogP contribution is 2.35. The van der Waals surface area contributed by atoms with Crippen molar-refractivity contribution < 1.29 is 4.74 Å². The number of halogens is 1. The molecular formula is C15H17BrOS. The van der Waals surface area contributed by atoms with Gasteiger partial charge in [-0.25, -0.2) is 0 Å². The number of rotatable bonds is 5. The van der Waals surface area contributed by atoms with Crippen molar-refractivity contribution in [3.05, 3.63) is 57.3 Å². The number of thiophene rings is 1. The monoisotopic (exact) mass is 324 g/mol. The Morgan fingerprint density at radius 1 is 1.17 bits per heavy atom. The fourth-order valence-corrected chi connectivity index (χ4v) is 3.45. The molecule has 1 aromatic heterocycles. The second-order valence-electron chi connectivity index (χ2n) is 4.30. The number of hydrogen-bond acceptors (Lipinski definition) is 2. The molecule has 0 spiro atoms. The molecule has 1 nitrogen and oxygen atoms in total. The van der Waals surface area contributed by atoms with Gasteiger partial charge in [0.2, 0.25) is 0 Å². The van der Waals surface area contributed by atoms with Crippen molar-refractivity contribution >= 4 is 27.3 Å². The van der Waals surface area contributed by atoms with Gasteiger partial charge in [-0.05, 0) is 36.6 Å². The molecule has 0 amide bonds. The summed E-state index contributed by atoms with van der Waals surface area (Å²) >= 11 is 5.61. The molecule has 1 atom stereocenters. The molecule has 0 aliphatic carbocycles. The average Bonchev–Trinajstić information content (AvgIpc) is 2.83. The van der Waals surface area contributed by atoms with E-state index in [1.165, 1.54) is 20.9 Å². The highest BCUT2D eigenvalue weighted by atomic mass is 79.9. The van der Waals surface area contributed by atoms with Gasteiger partial charge in [-0.1, -0.05) is 40.2 Å². The van der Waals surface area contributed by atoms with Gasteiger partial charge in [0.15, 0.2) is 0 Å². The first-order chi connectivity index (χ1) is 8.70. The van der Waals surface area contributed by atoms with Crippen LogP contribution in [0.25, 0.3) is 0 Å². The molecule has 0 aliphatic heterocycles. The van der Waals surface area contributed by atoms with E-state index in [2.05, 4.69) is 59.3 Å². The van der Waals surface area contributed by atoms with Crippen LogP contribution in [-0.2, 0) is 11.2 Å². The van der Waals surface area contributed by atoms with E-state index in [9.17, 15) is 0 Å². The first-order valence-electron chi connectivity index (χ1n) is 5.99. The molecule has 0 bridgehead atoms. The quantitative estimate of drug-likeness (QED) is 0.722. The number of ether oxygens (including phenoxy) is 1. The van der Waals surface area contributed by atoms with Crippen LogP contribution in [-0.4, -0.2) is 13.7 Å². The lowest BCUT2D eigenvalue weighted by Crippen LogP contribution is -1.95. The maximum absolute atomic E-state index is 5.09. The molecule has 1 unspecified atom stereocenters. The summed E-state index contributed by atoms with van der Waals surface area (Å²) in [6.07, 6.45) is 0.974. The van der Waals surface area contributed by atoms with E-state index in [4.69, 9.17) is 4.74 Å².